The molecule has 10 radical (unpaired) electrons. The van der Waals surface area contributed by atoms with Crippen molar-refractivity contribution >= 4 is 37.1 Å². The van der Waals surface area contributed by atoms with Gasteiger partial charge in [0.15, 0.2) is 0 Å². The first-order valence-electron chi connectivity index (χ1n) is 15.5. The van der Waals surface area contributed by atoms with Gasteiger partial charge in [0.1, 0.15) is 0 Å². The summed E-state index contributed by atoms with van der Waals surface area (Å²) in [6.45, 7) is 6.39. The summed E-state index contributed by atoms with van der Waals surface area (Å²) in [5.74, 6) is 2.79. The molecule has 0 saturated heterocycles. The molecule has 2 aliphatic carbocycles. The van der Waals surface area contributed by atoms with Crippen LogP contribution in [0.25, 0.3) is 0 Å². The maximum atomic E-state index is 3.82. The highest BCUT2D eigenvalue weighted by Crippen LogP contribution is 2.57. The third-order valence-corrected chi connectivity index (χ3v) is 13.2. The number of hydrogen-bond donors (Lipinski definition) is 2. The molecular formula is C40H40N2P2. The molecule has 0 bridgehead atoms. The van der Waals surface area contributed by atoms with Gasteiger partial charge in [0.05, 0.1) is 0 Å². The summed E-state index contributed by atoms with van der Waals surface area (Å²) in [5.41, 5.74) is 2.88. The van der Waals surface area contributed by atoms with E-state index in [0.29, 0.717) is 0 Å². The molecule has 44 heavy (non-hydrogen) atoms. The summed E-state index contributed by atoms with van der Waals surface area (Å²) in [4.78, 5) is 0. The fourth-order valence-corrected chi connectivity index (χ4v) is 11.1. The molecule has 0 heterocycles. The predicted molar refractivity (Wildman–Crippen MR) is 192 cm³/mol. The molecule has 0 spiro atoms. The summed E-state index contributed by atoms with van der Waals surface area (Å²) in [6.07, 6.45) is 13.7. The van der Waals surface area contributed by atoms with Crippen LogP contribution in [-0.2, 0) is 0 Å². The van der Waals surface area contributed by atoms with Crippen molar-refractivity contribution in [3.05, 3.63) is 183 Å². The Morgan fingerprint density at radius 3 is 1.02 bits per heavy atom. The third kappa shape index (κ3) is 7.54. The van der Waals surface area contributed by atoms with E-state index in [1.165, 1.54) is 44.4 Å². The zero-order valence-corrected chi connectivity index (χ0v) is 27.3. The quantitative estimate of drug-likeness (QED) is 0.131. The maximum Gasteiger partial charge on any atom is 0.0211 e. The van der Waals surface area contributed by atoms with E-state index >= 15 is 0 Å². The van der Waals surface area contributed by atoms with Gasteiger partial charge in [-0.3, -0.25) is 0 Å². The Labute approximate surface area is 269 Å². The van der Waals surface area contributed by atoms with Crippen LogP contribution >= 0.6 is 15.8 Å². The Bertz CT molecular complexity index is 1200. The number of hydrogen-bond acceptors (Lipinski definition) is 2. The van der Waals surface area contributed by atoms with Crippen LogP contribution in [0.2, 0.25) is 0 Å². The average Bonchev–Trinajstić information content (AvgIpc) is 3.76. The van der Waals surface area contributed by atoms with E-state index in [0.717, 1.165) is 13.1 Å². The highest BCUT2D eigenvalue weighted by Gasteiger charge is 2.41. The van der Waals surface area contributed by atoms with Gasteiger partial charge in [0.25, 0.3) is 0 Å². The fraction of sp³-hybridized carbons (Fsp3) is 0.150. The van der Waals surface area contributed by atoms with Crippen LogP contribution in [0.4, 0.5) is 0 Å². The van der Waals surface area contributed by atoms with Crippen molar-refractivity contribution in [3.8, 4) is 0 Å². The minimum Gasteiger partial charge on any atom is -0.312 e. The van der Waals surface area contributed by atoms with Crippen molar-refractivity contribution in [2.24, 2.45) is 0 Å². The van der Waals surface area contributed by atoms with Crippen LogP contribution in [0.3, 0.4) is 0 Å². The van der Waals surface area contributed by atoms with Crippen molar-refractivity contribution in [3.63, 3.8) is 0 Å². The van der Waals surface area contributed by atoms with Crippen molar-refractivity contribution in [1.29, 1.82) is 0 Å². The van der Waals surface area contributed by atoms with E-state index < -0.39 is 15.8 Å². The molecule has 2 saturated carbocycles. The zero-order valence-electron chi connectivity index (χ0n) is 25.5. The van der Waals surface area contributed by atoms with E-state index in [-0.39, 0.29) is 12.1 Å². The minimum atomic E-state index is -0.618. The van der Waals surface area contributed by atoms with Crippen molar-refractivity contribution in [2.75, 3.05) is 13.1 Å². The van der Waals surface area contributed by atoms with Gasteiger partial charge in [0, 0.05) is 48.3 Å². The molecule has 0 aliphatic heterocycles. The van der Waals surface area contributed by atoms with E-state index in [4.69, 9.17) is 0 Å². The highest BCUT2D eigenvalue weighted by molar-refractivity contribution is 7.76. The van der Waals surface area contributed by atoms with Crippen LogP contribution < -0.4 is 31.9 Å². The summed E-state index contributed by atoms with van der Waals surface area (Å²) >= 11 is 0. The second-order valence-electron chi connectivity index (χ2n) is 11.1. The standard InChI is InChI=1S/C40H40N2P2/c1-31(37-25-15-27-39(37)43(33-17-7-3-8-18-33)34-19-9-4-10-20-34)41-29-30-42-32(2)38-26-16-28-40(38)44(35-21-11-5-12-22-35)36-23-13-6-14-24-36/h3-28,31-32,41-42H,29-30H2,1-2H3/t31-,32-/m0/s1. The summed E-state index contributed by atoms with van der Waals surface area (Å²) in [5, 5.41) is 13.2. The SMILES string of the molecule is C[C@H](NCCN[C@@H](C)[C]1[CH][CH][CH][C]1P(c1ccccc1)c1ccccc1)[C]1[CH][CH][CH][C]1P(c1ccccc1)c1ccccc1. The Balaban J connectivity index is 1.07. The second-order valence-corrected chi connectivity index (χ2v) is 15.5. The molecule has 2 atom stereocenters. The summed E-state index contributed by atoms with van der Waals surface area (Å²) < 4.78 is 0. The second kappa shape index (κ2) is 15.8. The molecule has 4 aromatic carbocycles. The molecule has 4 heteroatoms. The molecule has 220 valence electrons. The Kier molecular flexibility index (Phi) is 11.3. The average molecular weight is 611 g/mol. The lowest BCUT2D eigenvalue weighted by Crippen LogP contribution is -2.42. The molecule has 2 aliphatic rings. The molecule has 0 aromatic heterocycles. The van der Waals surface area contributed by atoms with E-state index in [1.54, 1.807) is 0 Å². The van der Waals surface area contributed by atoms with Crippen LogP contribution in [0.5, 0.6) is 0 Å². The molecule has 2 N–H and O–H groups in total. The number of benzene rings is 4. The maximum absolute atomic E-state index is 3.82. The smallest absolute Gasteiger partial charge is 0.0211 e. The van der Waals surface area contributed by atoms with Crippen LogP contribution in [0.1, 0.15) is 13.8 Å². The number of nitrogens with one attached hydrogen (secondary N) is 2. The minimum absolute atomic E-state index is 0.257. The molecule has 2 fully saturated rings. The van der Waals surface area contributed by atoms with Crippen molar-refractivity contribution < 1.29 is 0 Å². The van der Waals surface area contributed by atoms with Gasteiger partial charge in [0.2, 0.25) is 0 Å². The topological polar surface area (TPSA) is 24.1 Å². The predicted octanol–water partition coefficient (Wildman–Crippen LogP) is 6.67. The fourth-order valence-electron chi connectivity index (χ4n) is 5.95. The molecule has 4 aromatic rings. The van der Waals surface area contributed by atoms with Crippen LogP contribution in [0, 0.1) is 61.7 Å². The van der Waals surface area contributed by atoms with E-state index in [2.05, 4.69) is 184 Å². The normalized spacial score (nSPS) is 18.4. The van der Waals surface area contributed by atoms with Gasteiger partial charge in [-0.1, -0.05) is 121 Å². The van der Waals surface area contributed by atoms with Gasteiger partial charge in [-0.25, -0.2) is 0 Å². The Morgan fingerprint density at radius 2 is 0.727 bits per heavy atom. The monoisotopic (exact) mass is 610 g/mol. The van der Waals surface area contributed by atoms with E-state index in [1.807, 2.05) is 0 Å². The zero-order chi connectivity index (χ0) is 30.1. The molecule has 2 nitrogen and oxygen atoms in total. The molecule has 0 amide bonds. The Hall–Kier alpha value is -2.34. The van der Waals surface area contributed by atoms with Gasteiger partial charge in [-0.15, -0.1) is 0 Å². The van der Waals surface area contributed by atoms with Crippen LogP contribution in [-0.4, -0.2) is 25.2 Å². The molecular weight excluding hydrogens is 570 g/mol. The van der Waals surface area contributed by atoms with Gasteiger partial charge < -0.3 is 10.6 Å². The van der Waals surface area contributed by atoms with Crippen molar-refractivity contribution in [1.82, 2.24) is 10.6 Å². The van der Waals surface area contributed by atoms with Gasteiger partial charge in [-0.05, 0) is 89.4 Å². The first kappa shape index (κ1) is 31.6. The molecule has 6 rings (SSSR count). The lowest BCUT2D eigenvalue weighted by Gasteiger charge is -2.33. The lowest BCUT2D eigenvalue weighted by molar-refractivity contribution is 0.518. The van der Waals surface area contributed by atoms with Gasteiger partial charge in [-0.2, -0.15) is 0 Å². The Morgan fingerprint density at radius 1 is 0.432 bits per heavy atom. The summed E-state index contributed by atoms with van der Waals surface area (Å²) in [6, 6.07) is 44.4. The van der Waals surface area contributed by atoms with Crippen LogP contribution in [0.15, 0.2) is 121 Å². The van der Waals surface area contributed by atoms with Gasteiger partial charge >= 0.3 is 0 Å². The highest BCUT2D eigenvalue weighted by atomic mass is 31.1. The largest absolute Gasteiger partial charge is 0.312 e. The molecule has 0 unspecified atom stereocenters. The van der Waals surface area contributed by atoms with Crippen molar-refractivity contribution in [2.45, 2.75) is 25.9 Å². The summed E-state index contributed by atoms with van der Waals surface area (Å²) in [7, 11) is -1.24. The third-order valence-electron chi connectivity index (χ3n) is 8.15. The van der Waals surface area contributed by atoms with E-state index in [9.17, 15) is 0 Å². The number of rotatable bonds is 13. The first-order valence-corrected chi connectivity index (χ1v) is 18.2. The lowest BCUT2D eigenvalue weighted by atomic mass is 9.99. The first-order chi connectivity index (χ1) is 21.7.